The molecule has 2 aromatic carbocycles. The number of hydrogen-bond acceptors (Lipinski definition) is 9. The van der Waals surface area contributed by atoms with Gasteiger partial charge in [-0.1, -0.05) is 35.4 Å². The van der Waals surface area contributed by atoms with Crippen molar-refractivity contribution in [2.24, 2.45) is 5.92 Å². The monoisotopic (exact) mass is 539 g/mol. The summed E-state index contributed by atoms with van der Waals surface area (Å²) in [6.45, 7) is 3.24. The van der Waals surface area contributed by atoms with E-state index in [1.54, 1.807) is 31.2 Å². The first-order valence-electron chi connectivity index (χ1n) is 11.1. The zero-order valence-corrected chi connectivity index (χ0v) is 22.0. The first kappa shape index (κ1) is 27.8. The van der Waals surface area contributed by atoms with Crippen LogP contribution in [0.3, 0.4) is 0 Å². The van der Waals surface area contributed by atoms with Gasteiger partial charge in [-0.3, -0.25) is 13.8 Å². The number of carbonyl (C=O) groups is 2. The molecule has 12 heteroatoms. The van der Waals surface area contributed by atoms with Crippen molar-refractivity contribution < 1.29 is 40.1 Å². The molecule has 36 heavy (non-hydrogen) atoms. The average molecular weight is 540 g/mol. The van der Waals surface area contributed by atoms with Crippen molar-refractivity contribution in [2.75, 3.05) is 20.8 Å². The van der Waals surface area contributed by atoms with Crippen LogP contribution in [0.15, 0.2) is 58.3 Å². The first-order valence-corrected chi connectivity index (χ1v) is 14.0. The van der Waals surface area contributed by atoms with Crippen LogP contribution < -0.4 is 0 Å². The number of carbonyl (C=O) groups excluding carboxylic acids is 2. The molecule has 0 spiro atoms. The molecule has 2 aromatic rings. The number of rotatable bonds is 8. The molecule has 0 unspecified atom stereocenters. The molecule has 0 N–H and O–H groups in total. The molecule has 3 rings (SSSR count). The average Bonchev–Trinajstić information content (AvgIpc) is 2.86. The zero-order chi connectivity index (χ0) is 26.7. The standard InChI is InChI=1S/C24H29NO9S2/c1-16-5-9-19(10-6-16)35(28,29)25-21(23(26)32-3)13-18(14-22(25)24(27)33-4)15-34-36(30,31)20-11-7-17(2)8-12-20/h5-12,18,21-22H,13-15H2,1-4H3/t18-,21+,22-. The minimum absolute atomic E-state index is 0.0403. The fourth-order valence-corrected chi connectivity index (χ4v) is 6.80. The Hall–Kier alpha value is -2.80. The van der Waals surface area contributed by atoms with Crippen LogP contribution >= 0.6 is 0 Å². The summed E-state index contributed by atoms with van der Waals surface area (Å²) in [6.07, 6.45) is -0.233. The van der Waals surface area contributed by atoms with Crippen molar-refractivity contribution in [1.29, 1.82) is 0 Å². The molecule has 1 saturated heterocycles. The maximum absolute atomic E-state index is 13.6. The molecular weight excluding hydrogens is 510 g/mol. The van der Waals surface area contributed by atoms with Gasteiger partial charge in [0.1, 0.15) is 12.1 Å². The smallest absolute Gasteiger partial charge is 0.324 e. The van der Waals surface area contributed by atoms with E-state index in [0.717, 1.165) is 29.7 Å². The number of esters is 2. The number of nitrogens with zero attached hydrogens (tertiary/aromatic N) is 1. The Morgan fingerprint density at radius 3 is 1.61 bits per heavy atom. The van der Waals surface area contributed by atoms with Crippen molar-refractivity contribution in [3.8, 4) is 0 Å². The van der Waals surface area contributed by atoms with Crippen molar-refractivity contribution >= 4 is 32.1 Å². The van der Waals surface area contributed by atoms with Gasteiger partial charge in [0.2, 0.25) is 10.0 Å². The molecule has 0 saturated carbocycles. The Kier molecular flexibility index (Phi) is 8.55. The van der Waals surface area contributed by atoms with Gasteiger partial charge in [-0.25, -0.2) is 8.42 Å². The van der Waals surface area contributed by atoms with Crippen LogP contribution in [0.1, 0.15) is 24.0 Å². The molecule has 196 valence electrons. The summed E-state index contributed by atoms with van der Waals surface area (Å²) in [7, 11) is -6.23. The van der Waals surface area contributed by atoms with E-state index >= 15 is 0 Å². The van der Waals surface area contributed by atoms with Crippen molar-refractivity contribution in [1.82, 2.24) is 4.31 Å². The maximum atomic E-state index is 13.6. The number of piperidine rings is 1. The van der Waals surface area contributed by atoms with Crippen LogP contribution in [0.5, 0.6) is 0 Å². The Labute approximate surface area is 211 Å². The number of hydrogen-bond donors (Lipinski definition) is 0. The molecule has 0 bridgehead atoms. The van der Waals surface area contributed by atoms with E-state index in [2.05, 4.69) is 0 Å². The van der Waals surface area contributed by atoms with E-state index in [0.29, 0.717) is 0 Å². The lowest BCUT2D eigenvalue weighted by Gasteiger charge is -2.41. The highest BCUT2D eigenvalue weighted by atomic mass is 32.2. The number of aryl methyl sites for hydroxylation is 2. The summed E-state index contributed by atoms with van der Waals surface area (Å²) >= 11 is 0. The van der Waals surface area contributed by atoms with E-state index in [9.17, 15) is 26.4 Å². The fraction of sp³-hybridized carbons (Fsp3) is 0.417. The fourth-order valence-electron chi connectivity index (χ4n) is 4.09. The van der Waals surface area contributed by atoms with Crippen LogP contribution in [-0.4, -0.2) is 66.0 Å². The summed E-state index contributed by atoms with van der Waals surface area (Å²) in [6, 6.07) is 9.27. The van der Waals surface area contributed by atoms with E-state index in [1.807, 2.05) is 6.92 Å². The predicted octanol–water partition coefficient (Wildman–Crippen LogP) is 2.19. The molecule has 1 aliphatic rings. The third kappa shape index (κ3) is 5.94. The minimum atomic E-state index is -4.33. The summed E-state index contributed by atoms with van der Waals surface area (Å²) in [5, 5.41) is 0. The lowest BCUT2D eigenvalue weighted by molar-refractivity contribution is -0.154. The number of benzene rings is 2. The second-order valence-electron chi connectivity index (χ2n) is 8.62. The SMILES string of the molecule is COC(=O)[C@H]1C[C@H](COS(=O)(=O)c2ccc(C)cc2)C[C@@H](C(=O)OC)N1S(=O)(=O)c1ccc(C)cc1. The van der Waals surface area contributed by atoms with Gasteiger partial charge in [-0.05, 0) is 56.9 Å². The number of ether oxygens (including phenoxy) is 2. The van der Waals surface area contributed by atoms with Gasteiger partial charge in [-0.15, -0.1) is 0 Å². The van der Waals surface area contributed by atoms with Gasteiger partial charge in [0.25, 0.3) is 10.1 Å². The Morgan fingerprint density at radius 1 is 0.778 bits per heavy atom. The summed E-state index contributed by atoms with van der Waals surface area (Å²) in [4.78, 5) is 25.3. The van der Waals surface area contributed by atoms with Crippen LogP contribution in [0.4, 0.5) is 0 Å². The summed E-state index contributed by atoms with van der Waals surface area (Å²) in [5.41, 5.74) is 1.70. The van der Waals surface area contributed by atoms with E-state index in [-0.39, 0.29) is 29.2 Å². The molecule has 1 fully saturated rings. The highest BCUT2D eigenvalue weighted by Crippen LogP contribution is 2.35. The second kappa shape index (κ2) is 11.1. The van der Waals surface area contributed by atoms with Gasteiger partial charge in [0.15, 0.2) is 0 Å². The predicted molar refractivity (Wildman–Crippen MR) is 129 cm³/mol. The number of sulfonamides is 1. The normalized spacial score (nSPS) is 21.1. The molecule has 0 radical (unpaired) electrons. The quantitative estimate of drug-likeness (QED) is 0.366. The Morgan fingerprint density at radius 2 is 1.19 bits per heavy atom. The Bertz CT molecular complexity index is 1280. The minimum Gasteiger partial charge on any atom is -0.468 e. The lowest BCUT2D eigenvalue weighted by atomic mass is 9.88. The molecule has 1 aliphatic heterocycles. The molecule has 0 aliphatic carbocycles. The van der Waals surface area contributed by atoms with Crippen LogP contribution in [0.2, 0.25) is 0 Å². The first-order chi connectivity index (χ1) is 16.9. The molecule has 1 heterocycles. The molecule has 10 nitrogen and oxygen atoms in total. The number of methoxy groups -OCH3 is 2. The molecule has 0 amide bonds. The molecule has 0 aromatic heterocycles. The highest BCUT2D eigenvalue weighted by Gasteiger charge is 2.50. The molecule has 3 atom stereocenters. The van der Waals surface area contributed by atoms with Gasteiger partial charge in [-0.2, -0.15) is 12.7 Å². The van der Waals surface area contributed by atoms with Crippen LogP contribution in [-0.2, 0) is 43.4 Å². The van der Waals surface area contributed by atoms with Crippen molar-refractivity contribution in [2.45, 2.75) is 48.6 Å². The van der Waals surface area contributed by atoms with Crippen molar-refractivity contribution in [3.05, 3.63) is 59.7 Å². The maximum Gasteiger partial charge on any atom is 0.324 e. The van der Waals surface area contributed by atoms with E-state index in [4.69, 9.17) is 13.7 Å². The topological polar surface area (TPSA) is 133 Å². The van der Waals surface area contributed by atoms with Gasteiger partial charge in [0, 0.05) is 0 Å². The van der Waals surface area contributed by atoms with Crippen LogP contribution in [0, 0.1) is 19.8 Å². The third-order valence-electron chi connectivity index (χ3n) is 6.04. The van der Waals surface area contributed by atoms with E-state index < -0.39 is 50.1 Å². The summed E-state index contributed by atoms with van der Waals surface area (Å²) < 4.78 is 68.2. The largest absolute Gasteiger partial charge is 0.468 e. The van der Waals surface area contributed by atoms with Gasteiger partial charge in [0.05, 0.1) is 30.6 Å². The van der Waals surface area contributed by atoms with Crippen LogP contribution in [0.25, 0.3) is 0 Å². The second-order valence-corrected chi connectivity index (χ2v) is 12.1. The van der Waals surface area contributed by atoms with Gasteiger partial charge >= 0.3 is 11.9 Å². The van der Waals surface area contributed by atoms with Crippen molar-refractivity contribution in [3.63, 3.8) is 0 Å². The van der Waals surface area contributed by atoms with E-state index in [1.165, 1.54) is 24.3 Å². The van der Waals surface area contributed by atoms with Gasteiger partial charge < -0.3 is 9.47 Å². The summed E-state index contributed by atoms with van der Waals surface area (Å²) in [5.74, 6) is -2.43. The third-order valence-corrected chi connectivity index (χ3v) is 9.27. The Balaban J connectivity index is 1.93. The molecular formula is C24H29NO9S2. The zero-order valence-electron chi connectivity index (χ0n) is 20.4. The highest BCUT2D eigenvalue weighted by molar-refractivity contribution is 7.89. The lowest BCUT2D eigenvalue weighted by Crippen LogP contribution is -2.58.